The Morgan fingerprint density at radius 2 is 1.80 bits per heavy atom. The molecule has 1 saturated carbocycles. The van der Waals surface area contributed by atoms with Gasteiger partial charge in [0.1, 0.15) is 21.8 Å². The number of anilines is 3. The van der Waals surface area contributed by atoms with Crippen LogP contribution in [0.3, 0.4) is 0 Å². The molecule has 178 valence electrons. The van der Waals surface area contributed by atoms with E-state index >= 15 is 0 Å². The van der Waals surface area contributed by atoms with E-state index in [-0.39, 0.29) is 11.8 Å². The zero-order chi connectivity index (χ0) is 24.4. The maximum absolute atomic E-state index is 12.5. The summed E-state index contributed by atoms with van der Waals surface area (Å²) < 4.78 is 11.3. The fourth-order valence-corrected chi connectivity index (χ4v) is 4.23. The molecule has 9 nitrogen and oxygen atoms in total. The Balaban J connectivity index is 1.28. The number of carbonyl (C=O) groups is 2. The Morgan fingerprint density at radius 3 is 2.60 bits per heavy atom. The first-order valence-electron chi connectivity index (χ1n) is 11.1. The van der Waals surface area contributed by atoms with Gasteiger partial charge >= 0.3 is 6.03 Å². The molecule has 1 aliphatic carbocycles. The molecule has 0 atom stereocenters. The molecule has 0 unspecified atom stereocenters. The maximum atomic E-state index is 12.5. The van der Waals surface area contributed by atoms with E-state index < -0.39 is 6.03 Å². The Morgan fingerprint density at radius 1 is 0.971 bits per heavy atom. The van der Waals surface area contributed by atoms with Crippen molar-refractivity contribution in [1.82, 2.24) is 9.97 Å². The number of para-hydroxylation sites is 2. The number of rotatable bonds is 7. The maximum Gasteiger partial charge on any atom is 0.323 e. The van der Waals surface area contributed by atoms with E-state index in [2.05, 4.69) is 25.9 Å². The van der Waals surface area contributed by atoms with Crippen molar-refractivity contribution >= 4 is 50.1 Å². The van der Waals surface area contributed by atoms with Gasteiger partial charge in [-0.05, 0) is 49.6 Å². The lowest BCUT2D eigenvalue weighted by atomic mass is 10.2. The zero-order valence-electron chi connectivity index (χ0n) is 19.1. The lowest BCUT2D eigenvalue weighted by Crippen LogP contribution is -2.19. The van der Waals surface area contributed by atoms with Crippen LogP contribution in [0.15, 0.2) is 54.6 Å². The van der Waals surface area contributed by atoms with Crippen molar-refractivity contribution in [3.63, 3.8) is 0 Å². The Kier molecular flexibility index (Phi) is 6.19. The third-order valence-electron chi connectivity index (χ3n) is 5.42. The van der Waals surface area contributed by atoms with Gasteiger partial charge in [-0.2, -0.15) is 0 Å². The number of aryl methyl sites for hydroxylation is 1. The van der Waals surface area contributed by atoms with Crippen molar-refractivity contribution in [1.29, 1.82) is 0 Å². The number of nitrogens with zero attached hydrogens (tertiary/aromatic N) is 2. The summed E-state index contributed by atoms with van der Waals surface area (Å²) in [5.74, 6) is 1.62. The summed E-state index contributed by atoms with van der Waals surface area (Å²) >= 11 is 1.31. The number of hydrogen-bond acceptors (Lipinski definition) is 7. The van der Waals surface area contributed by atoms with Gasteiger partial charge in [-0.3, -0.25) is 4.79 Å². The van der Waals surface area contributed by atoms with Crippen molar-refractivity contribution < 1.29 is 19.1 Å². The quantitative estimate of drug-likeness (QED) is 0.303. The number of benzene rings is 2. The fourth-order valence-electron chi connectivity index (χ4n) is 3.40. The molecule has 0 radical (unpaired) electrons. The molecule has 35 heavy (non-hydrogen) atoms. The van der Waals surface area contributed by atoms with Crippen LogP contribution in [0.25, 0.3) is 10.3 Å². The molecule has 0 saturated heterocycles. The molecule has 0 aliphatic heterocycles. The van der Waals surface area contributed by atoms with Crippen LogP contribution in [0.4, 0.5) is 21.3 Å². The Hall–Kier alpha value is -4.18. The predicted molar refractivity (Wildman–Crippen MR) is 136 cm³/mol. The van der Waals surface area contributed by atoms with Gasteiger partial charge in [0.05, 0.1) is 12.8 Å². The molecular weight excluding hydrogens is 466 g/mol. The van der Waals surface area contributed by atoms with Crippen LogP contribution in [0, 0.1) is 12.8 Å². The summed E-state index contributed by atoms with van der Waals surface area (Å²) in [6, 6.07) is 15.7. The first-order chi connectivity index (χ1) is 17.0. The third-order valence-corrected chi connectivity index (χ3v) is 6.30. The van der Waals surface area contributed by atoms with Gasteiger partial charge in [0.25, 0.3) is 0 Å². The molecule has 0 bridgehead atoms. The number of amides is 3. The van der Waals surface area contributed by atoms with Crippen molar-refractivity contribution in [2.24, 2.45) is 5.92 Å². The van der Waals surface area contributed by atoms with Crippen molar-refractivity contribution in [2.45, 2.75) is 19.8 Å². The van der Waals surface area contributed by atoms with Crippen LogP contribution < -0.4 is 25.4 Å². The van der Waals surface area contributed by atoms with E-state index in [1.807, 2.05) is 25.1 Å². The lowest BCUT2D eigenvalue weighted by Gasteiger charge is -2.13. The molecule has 2 aromatic carbocycles. The molecule has 10 heteroatoms. The number of hydrogen-bond donors (Lipinski definition) is 3. The average Bonchev–Trinajstić information content (AvgIpc) is 3.62. The number of urea groups is 1. The Labute approximate surface area is 205 Å². The molecule has 4 aromatic rings. The van der Waals surface area contributed by atoms with E-state index in [9.17, 15) is 9.59 Å². The highest BCUT2D eigenvalue weighted by atomic mass is 32.1. The van der Waals surface area contributed by atoms with Gasteiger partial charge < -0.3 is 25.4 Å². The van der Waals surface area contributed by atoms with Crippen molar-refractivity contribution in [2.75, 3.05) is 23.1 Å². The predicted octanol–water partition coefficient (Wildman–Crippen LogP) is 5.79. The minimum atomic E-state index is -0.408. The van der Waals surface area contributed by atoms with Crippen LogP contribution in [0.1, 0.15) is 18.4 Å². The van der Waals surface area contributed by atoms with Crippen LogP contribution >= 0.6 is 11.3 Å². The van der Waals surface area contributed by atoms with Gasteiger partial charge in [0, 0.05) is 23.7 Å². The van der Waals surface area contributed by atoms with Gasteiger partial charge in [-0.15, -0.1) is 0 Å². The van der Waals surface area contributed by atoms with Crippen LogP contribution in [-0.2, 0) is 4.79 Å². The van der Waals surface area contributed by atoms with Crippen LogP contribution in [0.5, 0.6) is 17.4 Å². The second-order valence-electron chi connectivity index (χ2n) is 8.12. The van der Waals surface area contributed by atoms with Gasteiger partial charge in [0.15, 0.2) is 5.13 Å². The van der Waals surface area contributed by atoms with Crippen molar-refractivity contribution in [3.8, 4) is 17.4 Å². The standard InChI is InChI=1S/C25H23N5O4S/c1-14-7-10-16(26-24(32)27-17-5-3-4-6-19(17)33-2)13-20(14)34-21-12-11-18-23(29-21)35-25(28-18)30-22(31)15-8-9-15/h3-7,10-13,15H,8-9H2,1-2H3,(H2,26,27,32)(H,28,30,31). The summed E-state index contributed by atoms with van der Waals surface area (Å²) in [6.07, 6.45) is 1.87. The molecule has 3 amide bonds. The molecule has 0 spiro atoms. The average molecular weight is 490 g/mol. The third kappa shape index (κ3) is 5.33. The van der Waals surface area contributed by atoms with Gasteiger partial charge in [0.2, 0.25) is 11.8 Å². The van der Waals surface area contributed by atoms with E-state index in [0.717, 1.165) is 18.4 Å². The molecule has 1 fully saturated rings. The van der Waals surface area contributed by atoms with E-state index in [0.29, 0.717) is 44.2 Å². The van der Waals surface area contributed by atoms with E-state index in [4.69, 9.17) is 9.47 Å². The highest BCUT2D eigenvalue weighted by molar-refractivity contribution is 7.21. The number of methoxy groups -OCH3 is 1. The van der Waals surface area contributed by atoms with Crippen molar-refractivity contribution in [3.05, 3.63) is 60.2 Å². The SMILES string of the molecule is COc1ccccc1NC(=O)Nc1ccc(C)c(Oc2ccc3nc(NC(=O)C4CC4)sc3n2)c1. The lowest BCUT2D eigenvalue weighted by molar-refractivity contribution is -0.117. The minimum absolute atomic E-state index is 0.00946. The molecule has 1 aliphatic rings. The Bertz CT molecular complexity index is 1420. The van der Waals surface area contributed by atoms with E-state index in [1.165, 1.54) is 11.3 Å². The number of pyridine rings is 1. The first kappa shape index (κ1) is 22.6. The number of carbonyl (C=O) groups excluding carboxylic acids is 2. The summed E-state index contributed by atoms with van der Waals surface area (Å²) in [5.41, 5.74) is 2.69. The van der Waals surface area contributed by atoms with Gasteiger partial charge in [-0.25, -0.2) is 14.8 Å². The topological polar surface area (TPSA) is 114 Å². The second kappa shape index (κ2) is 9.59. The summed E-state index contributed by atoms with van der Waals surface area (Å²) in [5, 5.41) is 8.97. The monoisotopic (exact) mass is 489 g/mol. The number of aromatic nitrogens is 2. The smallest absolute Gasteiger partial charge is 0.323 e. The second-order valence-corrected chi connectivity index (χ2v) is 9.10. The number of thiazole rings is 1. The zero-order valence-corrected chi connectivity index (χ0v) is 19.9. The minimum Gasteiger partial charge on any atom is -0.495 e. The summed E-state index contributed by atoms with van der Waals surface area (Å²) in [4.78, 5) is 34.1. The van der Waals surface area contributed by atoms with E-state index in [1.54, 1.807) is 43.5 Å². The number of nitrogens with one attached hydrogen (secondary N) is 3. The highest BCUT2D eigenvalue weighted by Crippen LogP contribution is 2.33. The molecule has 2 heterocycles. The first-order valence-corrected chi connectivity index (χ1v) is 11.9. The highest BCUT2D eigenvalue weighted by Gasteiger charge is 2.30. The van der Waals surface area contributed by atoms with Gasteiger partial charge in [-0.1, -0.05) is 29.5 Å². The molecule has 2 aromatic heterocycles. The van der Waals surface area contributed by atoms with Crippen LogP contribution in [0.2, 0.25) is 0 Å². The molecule has 5 rings (SSSR count). The number of ether oxygens (including phenoxy) is 2. The van der Waals surface area contributed by atoms with Crippen LogP contribution in [-0.4, -0.2) is 29.0 Å². The fraction of sp³-hybridized carbons (Fsp3) is 0.200. The number of fused-ring (bicyclic) bond motifs is 1. The summed E-state index contributed by atoms with van der Waals surface area (Å²) in [7, 11) is 1.55. The molecule has 3 N–H and O–H groups in total. The normalized spacial score (nSPS) is 12.7. The largest absolute Gasteiger partial charge is 0.495 e. The molecular formula is C25H23N5O4S. The summed E-state index contributed by atoms with van der Waals surface area (Å²) in [6.45, 7) is 1.91.